The molecule has 1 heteroatoms. The van der Waals surface area contributed by atoms with Gasteiger partial charge in [0.15, 0.2) is 0 Å². The van der Waals surface area contributed by atoms with E-state index in [-0.39, 0.29) is 0 Å². The van der Waals surface area contributed by atoms with Gasteiger partial charge in [-0.25, -0.2) is 0 Å². The first-order valence-electron chi connectivity index (χ1n) is 5.63. The van der Waals surface area contributed by atoms with Crippen molar-refractivity contribution in [3.8, 4) is 0 Å². The van der Waals surface area contributed by atoms with E-state index in [0.29, 0.717) is 6.04 Å². The largest absolute Gasteiger partial charge is 0.347 e. The summed E-state index contributed by atoms with van der Waals surface area (Å²) < 4.78 is 0. The van der Waals surface area contributed by atoms with Crippen molar-refractivity contribution in [3.63, 3.8) is 0 Å². The van der Waals surface area contributed by atoms with Crippen LogP contribution < -0.4 is 0 Å². The molecule has 0 saturated carbocycles. The van der Waals surface area contributed by atoms with Gasteiger partial charge in [0.25, 0.3) is 0 Å². The molecule has 1 heterocycles. The normalized spacial score (nSPS) is 20.2. The molecule has 0 amide bonds. The van der Waals surface area contributed by atoms with Crippen LogP contribution in [-0.4, -0.2) is 10.9 Å². The number of hydrogen-bond donors (Lipinski definition) is 0. The molecule has 1 nitrogen and oxygen atoms in total. The zero-order chi connectivity index (χ0) is 11.4. The summed E-state index contributed by atoms with van der Waals surface area (Å²) >= 11 is 0. The second kappa shape index (κ2) is 4.84. The molecule has 0 fully saturated rings. The first-order valence-corrected chi connectivity index (χ1v) is 5.63. The Kier molecular flexibility index (Phi) is 3.25. The third-order valence-corrected chi connectivity index (χ3v) is 2.80. The van der Waals surface area contributed by atoms with Gasteiger partial charge in [0.2, 0.25) is 0 Å². The van der Waals surface area contributed by atoms with E-state index in [1.54, 1.807) is 0 Å². The number of rotatable bonds is 2. The molecule has 0 radical (unpaired) electrons. The highest BCUT2D eigenvalue weighted by atomic mass is 15.1. The minimum atomic E-state index is 0.434. The van der Waals surface area contributed by atoms with Crippen LogP contribution in [0.5, 0.6) is 0 Å². The summed E-state index contributed by atoms with van der Waals surface area (Å²) in [5.41, 5.74) is 2.56. The Morgan fingerprint density at radius 3 is 2.62 bits per heavy atom. The van der Waals surface area contributed by atoms with Crippen molar-refractivity contribution >= 4 is 5.57 Å². The lowest BCUT2D eigenvalue weighted by Crippen LogP contribution is -2.22. The van der Waals surface area contributed by atoms with Crippen molar-refractivity contribution in [2.24, 2.45) is 0 Å². The molecular formula is C15H17N. The van der Waals surface area contributed by atoms with Gasteiger partial charge in [-0.05, 0) is 31.1 Å². The molecule has 0 aliphatic carbocycles. The Morgan fingerprint density at radius 2 is 1.94 bits per heavy atom. The lowest BCUT2D eigenvalue weighted by Gasteiger charge is -2.24. The van der Waals surface area contributed by atoms with Gasteiger partial charge in [0.05, 0.1) is 0 Å². The number of allylic oxidation sites excluding steroid dienone is 3. The van der Waals surface area contributed by atoms with Gasteiger partial charge < -0.3 is 4.90 Å². The van der Waals surface area contributed by atoms with E-state index < -0.39 is 0 Å². The molecule has 0 aromatic heterocycles. The van der Waals surface area contributed by atoms with E-state index in [9.17, 15) is 0 Å². The predicted octanol–water partition coefficient (Wildman–Crippen LogP) is 3.82. The Labute approximate surface area is 97.4 Å². The van der Waals surface area contributed by atoms with Crippen LogP contribution in [0, 0.1) is 0 Å². The second-order valence-corrected chi connectivity index (χ2v) is 4.09. The van der Waals surface area contributed by atoms with Crippen molar-refractivity contribution < 1.29 is 0 Å². The van der Waals surface area contributed by atoms with Crippen LogP contribution in [0.2, 0.25) is 0 Å². The van der Waals surface area contributed by atoms with Crippen LogP contribution in [-0.2, 0) is 0 Å². The molecule has 82 valence electrons. The Hall–Kier alpha value is -1.76. The van der Waals surface area contributed by atoms with Gasteiger partial charge in [-0.3, -0.25) is 0 Å². The fraction of sp³-hybridized carbons (Fsp3) is 0.200. The monoisotopic (exact) mass is 211 g/mol. The number of benzene rings is 1. The highest BCUT2D eigenvalue weighted by molar-refractivity contribution is 5.63. The van der Waals surface area contributed by atoms with Crippen molar-refractivity contribution in [1.29, 1.82) is 0 Å². The average Bonchev–Trinajstić information content (AvgIpc) is 2.33. The van der Waals surface area contributed by atoms with Gasteiger partial charge in [0, 0.05) is 18.4 Å². The van der Waals surface area contributed by atoms with E-state index in [2.05, 4.69) is 73.6 Å². The van der Waals surface area contributed by atoms with E-state index in [1.807, 2.05) is 6.07 Å². The van der Waals surface area contributed by atoms with Crippen molar-refractivity contribution in [2.45, 2.75) is 19.9 Å². The van der Waals surface area contributed by atoms with E-state index in [1.165, 1.54) is 11.1 Å². The molecule has 0 N–H and O–H groups in total. The molecule has 1 aliphatic rings. The Bertz CT molecular complexity index is 426. The summed E-state index contributed by atoms with van der Waals surface area (Å²) in [6.07, 6.45) is 10.6. The zero-order valence-corrected chi connectivity index (χ0v) is 9.80. The maximum absolute atomic E-state index is 2.22. The topological polar surface area (TPSA) is 3.24 Å². The fourth-order valence-corrected chi connectivity index (χ4v) is 1.77. The van der Waals surface area contributed by atoms with Gasteiger partial charge in [-0.15, -0.1) is 0 Å². The van der Waals surface area contributed by atoms with Crippen molar-refractivity contribution in [3.05, 3.63) is 66.5 Å². The van der Waals surface area contributed by atoms with Gasteiger partial charge in [-0.2, -0.15) is 0 Å². The summed E-state index contributed by atoms with van der Waals surface area (Å²) in [5.74, 6) is 0. The first kappa shape index (κ1) is 10.7. The first-order chi connectivity index (χ1) is 7.77. The summed E-state index contributed by atoms with van der Waals surface area (Å²) in [6, 6.07) is 10.9. The third kappa shape index (κ3) is 2.43. The standard InChI is InChI=1S/C15H17N/c1-13(15-9-4-3-5-10-15)12-16-11-7-6-8-14(16)2/h3-12,14H,1-2H3/b13-12+. The maximum Gasteiger partial charge on any atom is 0.0485 e. The Balaban J connectivity index is 2.19. The summed E-state index contributed by atoms with van der Waals surface area (Å²) in [7, 11) is 0. The zero-order valence-electron chi connectivity index (χ0n) is 9.80. The summed E-state index contributed by atoms with van der Waals surface area (Å²) in [6.45, 7) is 4.34. The predicted molar refractivity (Wildman–Crippen MR) is 69.7 cm³/mol. The van der Waals surface area contributed by atoms with Crippen LogP contribution >= 0.6 is 0 Å². The number of nitrogens with zero attached hydrogens (tertiary/aromatic N) is 1. The molecule has 1 aliphatic heterocycles. The lowest BCUT2D eigenvalue weighted by molar-refractivity contribution is 0.448. The van der Waals surface area contributed by atoms with Crippen LogP contribution in [0.25, 0.3) is 5.57 Å². The quantitative estimate of drug-likeness (QED) is 0.718. The number of hydrogen-bond acceptors (Lipinski definition) is 1. The van der Waals surface area contributed by atoms with E-state index in [4.69, 9.17) is 0 Å². The highest BCUT2D eigenvalue weighted by Crippen LogP contribution is 2.17. The molecule has 1 atom stereocenters. The molecule has 1 aromatic rings. The lowest BCUT2D eigenvalue weighted by atomic mass is 10.1. The summed E-state index contributed by atoms with van der Waals surface area (Å²) in [4.78, 5) is 2.22. The van der Waals surface area contributed by atoms with Crippen LogP contribution in [0.3, 0.4) is 0 Å². The summed E-state index contributed by atoms with van der Waals surface area (Å²) in [5, 5.41) is 0. The smallest absolute Gasteiger partial charge is 0.0485 e. The fourth-order valence-electron chi connectivity index (χ4n) is 1.77. The SMILES string of the molecule is C/C(=C\N1C=CC=CC1C)c1ccccc1. The van der Waals surface area contributed by atoms with Gasteiger partial charge >= 0.3 is 0 Å². The molecule has 1 unspecified atom stereocenters. The molecule has 16 heavy (non-hydrogen) atoms. The maximum atomic E-state index is 2.22. The van der Waals surface area contributed by atoms with Crippen LogP contribution in [0.1, 0.15) is 19.4 Å². The van der Waals surface area contributed by atoms with Crippen LogP contribution in [0.4, 0.5) is 0 Å². The average molecular weight is 211 g/mol. The molecule has 0 saturated heterocycles. The van der Waals surface area contributed by atoms with Crippen molar-refractivity contribution in [2.75, 3.05) is 0 Å². The molecule has 0 bridgehead atoms. The molecular weight excluding hydrogens is 194 g/mol. The molecule has 0 spiro atoms. The van der Waals surface area contributed by atoms with E-state index >= 15 is 0 Å². The molecule has 1 aromatic carbocycles. The highest BCUT2D eigenvalue weighted by Gasteiger charge is 2.06. The second-order valence-electron chi connectivity index (χ2n) is 4.09. The van der Waals surface area contributed by atoms with Gasteiger partial charge in [-0.1, -0.05) is 42.5 Å². The third-order valence-electron chi connectivity index (χ3n) is 2.80. The molecule has 2 rings (SSSR count). The Morgan fingerprint density at radius 1 is 1.19 bits per heavy atom. The minimum Gasteiger partial charge on any atom is -0.347 e. The van der Waals surface area contributed by atoms with Crippen molar-refractivity contribution in [1.82, 2.24) is 4.90 Å². The minimum absolute atomic E-state index is 0.434. The van der Waals surface area contributed by atoms with Gasteiger partial charge in [0.1, 0.15) is 0 Å². The van der Waals surface area contributed by atoms with E-state index in [0.717, 1.165) is 0 Å². The van der Waals surface area contributed by atoms with Crippen LogP contribution in [0.15, 0.2) is 61.0 Å².